The molecule has 0 aliphatic rings. The number of hydrogen-bond acceptors (Lipinski definition) is 5. The number of nitrogens with zero attached hydrogens (tertiary/aromatic N) is 4. The fourth-order valence-electron chi connectivity index (χ4n) is 2.37. The minimum absolute atomic E-state index is 0.693. The Labute approximate surface area is 144 Å². The van der Waals surface area contributed by atoms with Crippen LogP contribution in [0, 0.1) is 13.8 Å². The number of halogens is 1. The summed E-state index contributed by atoms with van der Waals surface area (Å²) in [7, 11) is 0. The van der Waals surface area contributed by atoms with Crippen molar-refractivity contribution in [3.63, 3.8) is 0 Å². The van der Waals surface area contributed by atoms with E-state index in [4.69, 9.17) is 16.1 Å². The van der Waals surface area contributed by atoms with Crippen LogP contribution in [-0.2, 0) is 12.3 Å². The molecule has 0 aliphatic carbocycles. The summed E-state index contributed by atoms with van der Waals surface area (Å²) in [5, 5.41) is 14.2. The second-order valence-corrected chi connectivity index (χ2v) is 6.53. The molecule has 0 radical (unpaired) electrons. The summed E-state index contributed by atoms with van der Waals surface area (Å²) >= 11 is 7.71. The molecule has 0 unspecified atom stereocenters. The SMILES string of the molecule is CCn1c(SCc2c(C)noc2C)nnc1-c1cccc(Cl)c1. The van der Waals surface area contributed by atoms with Crippen LogP contribution in [-0.4, -0.2) is 19.9 Å². The zero-order valence-electron chi connectivity index (χ0n) is 13.2. The van der Waals surface area contributed by atoms with E-state index in [9.17, 15) is 0 Å². The first-order valence-electron chi connectivity index (χ1n) is 7.33. The molecular formula is C16H17ClN4OS. The molecule has 0 atom stereocenters. The van der Waals surface area contributed by atoms with Crippen molar-refractivity contribution in [2.75, 3.05) is 0 Å². The normalized spacial score (nSPS) is 11.1. The van der Waals surface area contributed by atoms with Crippen LogP contribution in [0.2, 0.25) is 5.02 Å². The lowest BCUT2D eigenvalue weighted by Gasteiger charge is -2.07. The van der Waals surface area contributed by atoms with Crippen LogP contribution in [0.25, 0.3) is 11.4 Å². The molecule has 0 fully saturated rings. The third kappa shape index (κ3) is 3.28. The molecule has 0 aliphatic heterocycles. The summed E-state index contributed by atoms with van der Waals surface area (Å²) in [4.78, 5) is 0. The highest BCUT2D eigenvalue weighted by Gasteiger charge is 2.16. The average molecular weight is 349 g/mol. The number of thioether (sulfide) groups is 1. The molecule has 3 rings (SSSR count). The Hall–Kier alpha value is -1.79. The molecule has 0 saturated heterocycles. The topological polar surface area (TPSA) is 56.7 Å². The lowest BCUT2D eigenvalue weighted by Crippen LogP contribution is -2.00. The van der Waals surface area contributed by atoms with Crippen molar-refractivity contribution in [1.82, 2.24) is 19.9 Å². The van der Waals surface area contributed by atoms with Gasteiger partial charge in [-0.3, -0.25) is 0 Å². The van der Waals surface area contributed by atoms with E-state index < -0.39 is 0 Å². The fourth-order valence-corrected chi connectivity index (χ4v) is 3.71. The molecular weight excluding hydrogens is 332 g/mol. The average Bonchev–Trinajstić information content (AvgIpc) is 3.09. The van der Waals surface area contributed by atoms with Crippen molar-refractivity contribution >= 4 is 23.4 Å². The smallest absolute Gasteiger partial charge is 0.191 e. The zero-order valence-corrected chi connectivity index (χ0v) is 14.8. The van der Waals surface area contributed by atoms with Crippen molar-refractivity contribution in [1.29, 1.82) is 0 Å². The van der Waals surface area contributed by atoms with Gasteiger partial charge in [0.2, 0.25) is 0 Å². The van der Waals surface area contributed by atoms with Gasteiger partial charge in [0.25, 0.3) is 0 Å². The van der Waals surface area contributed by atoms with Crippen molar-refractivity contribution in [3.05, 3.63) is 46.3 Å². The van der Waals surface area contributed by atoms with Gasteiger partial charge in [0, 0.05) is 28.4 Å². The molecule has 1 aromatic carbocycles. The summed E-state index contributed by atoms with van der Waals surface area (Å²) in [5.41, 5.74) is 3.01. The number of rotatable bonds is 5. The molecule has 0 bridgehead atoms. The van der Waals surface area contributed by atoms with Gasteiger partial charge in [0.1, 0.15) is 5.76 Å². The van der Waals surface area contributed by atoms with Gasteiger partial charge in [0.15, 0.2) is 11.0 Å². The highest BCUT2D eigenvalue weighted by Crippen LogP contribution is 2.29. The van der Waals surface area contributed by atoms with E-state index in [1.165, 1.54) is 0 Å². The largest absolute Gasteiger partial charge is 0.361 e. The number of benzene rings is 1. The molecule has 7 heteroatoms. The Morgan fingerprint density at radius 1 is 1.26 bits per heavy atom. The minimum Gasteiger partial charge on any atom is -0.361 e. The zero-order chi connectivity index (χ0) is 16.4. The van der Waals surface area contributed by atoms with Crippen LogP contribution in [0.1, 0.15) is 23.9 Å². The van der Waals surface area contributed by atoms with Gasteiger partial charge < -0.3 is 9.09 Å². The Bertz CT molecular complexity index is 808. The molecule has 0 spiro atoms. The molecule has 120 valence electrons. The summed E-state index contributed by atoms with van der Waals surface area (Å²) < 4.78 is 7.30. The van der Waals surface area contributed by atoms with Gasteiger partial charge in [-0.15, -0.1) is 10.2 Å². The maximum absolute atomic E-state index is 6.08. The predicted molar refractivity (Wildman–Crippen MR) is 91.7 cm³/mol. The Balaban J connectivity index is 1.87. The van der Waals surface area contributed by atoms with Gasteiger partial charge in [0.05, 0.1) is 5.69 Å². The first-order valence-corrected chi connectivity index (χ1v) is 8.70. The second kappa shape index (κ2) is 6.76. The first-order chi connectivity index (χ1) is 11.1. The lowest BCUT2D eigenvalue weighted by molar-refractivity contribution is 0.392. The number of hydrogen-bond donors (Lipinski definition) is 0. The van der Waals surface area contributed by atoms with E-state index in [1.807, 2.05) is 38.1 Å². The van der Waals surface area contributed by atoms with Crippen molar-refractivity contribution < 1.29 is 4.52 Å². The molecule has 0 saturated carbocycles. The first kappa shape index (κ1) is 16.1. The van der Waals surface area contributed by atoms with E-state index in [2.05, 4.69) is 26.8 Å². The molecule has 0 N–H and O–H groups in total. The number of aryl methyl sites for hydroxylation is 2. The lowest BCUT2D eigenvalue weighted by atomic mass is 10.2. The van der Waals surface area contributed by atoms with E-state index in [1.54, 1.807) is 11.8 Å². The fraction of sp³-hybridized carbons (Fsp3) is 0.312. The van der Waals surface area contributed by atoms with E-state index >= 15 is 0 Å². The Kier molecular flexibility index (Phi) is 4.73. The van der Waals surface area contributed by atoms with Crippen LogP contribution in [0.5, 0.6) is 0 Å². The third-order valence-electron chi connectivity index (χ3n) is 3.64. The highest BCUT2D eigenvalue weighted by molar-refractivity contribution is 7.98. The maximum Gasteiger partial charge on any atom is 0.191 e. The molecule has 2 aromatic heterocycles. The maximum atomic E-state index is 6.08. The van der Waals surface area contributed by atoms with Gasteiger partial charge in [-0.2, -0.15) is 0 Å². The molecule has 0 amide bonds. The summed E-state index contributed by atoms with van der Waals surface area (Å²) in [6, 6.07) is 7.67. The monoisotopic (exact) mass is 348 g/mol. The highest BCUT2D eigenvalue weighted by atomic mass is 35.5. The van der Waals surface area contributed by atoms with Gasteiger partial charge in [-0.1, -0.05) is 40.7 Å². The van der Waals surface area contributed by atoms with E-state index in [0.717, 1.165) is 45.9 Å². The Morgan fingerprint density at radius 2 is 2.09 bits per heavy atom. The minimum atomic E-state index is 0.693. The van der Waals surface area contributed by atoms with E-state index in [0.29, 0.717) is 5.02 Å². The number of aromatic nitrogens is 4. The predicted octanol–water partition coefficient (Wildman–Crippen LogP) is 4.52. The van der Waals surface area contributed by atoms with Crippen molar-refractivity contribution in [2.45, 2.75) is 38.2 Å². The molecule has 23 heavy (non-hydrogen) atoms. The van der Waals surface area contributed by atoms with E-state index in [-0.39, 0.29) is 0 Å². The summed E-state index contributed by atoms with van der Waals surface area (Å²) in [6.07, 6.45) is 0. The molecule has 5 nitrogen and oxygen atoms in total. The quantitative estimate of drug-likeness (QED) is 0.635. The van der Waals surface area contributed by atoms with Crippen LogP contribution >= 0.6 is 23.4 Å². The van der Waals surface area contributed by atoms with Crippen LogP contribution < -0.4 is 0 Å². The Morgan fingerprint density at radius 3 is 2.74 bits per heavy atom. The standard InChI is InChI=1S/C16H17ClN4OS/c1-4-21-15(12-6-5-7-13(17)8-12)18-19-16(21)23-9-14-10(2)20-22-11(14)3/h5-8H,4,9H2,1-3H3. The van der Waals surface area contributed by atoms with Gasteiger partial charge >= 0.3 is 0 Å². The van der Waals surface area contributed by atoms with Crippen LogP contribution in [0.4, 0.5) is 0 Å². The summed E-state index contributed by atoms with van der Waals surface area (Å²) in [6.45, 7) is 6.75. The van der Waals surface area contributed by atoms with Crippen LogP contribution in [0.15, 0.2) is 33.9 Å². The van der Waals surface area contributed by atoms with Crippen molar-refractivity contribution in [2.24, 2.45) is 0 Å². The summed E-state index contributed by atoms with van der Waals surface area (Å²) in [5.74, 6) is 2.44. The van der Waals surface area contributed by atoms with Gasteiger partial charge in [-0.25, -0.2) is 0 Å². The van der Waals surface area contributed by atoms with Gasteiger partial charge in [-0.05, 0) is 32.9 Å². The second-order valence-electron chi connectivity index (χ2n) is 5.15. The third-order valence-corrected chi connectivity index (χ3v) is 4.87. The van der Waals surface area contributed by atoms with Crippen LogP contribution in [0.3, 0.4) is 0 Å². The molecule has 2 heterocycles. The van der Waals surface area contributed by atoms with Crippen molar-refractivity contribution in [3.8, 4) is 11.4 Å². The molecule has 3 aromatic rings.